The van der Waals surface area contributed by atoms with Gasteiger partial charge in [-0.05, 0) is 24.5 Å². The zero-order valence-electron chi connectivity index (χ0n) is 9.30. The highest BCUT2D eigenvalue weighted by Crippen LogP contribution is 2.28. The molecule has 0 amide bonds. The van der Waals surface area contributed by atoms with Crippen molar-refractivity contribution in [3.63, 3.8) is 0 Å². The van der Waals surface area contributed by atoms with Gasteiger partial charge >= 0.3 is 0 Å². The molecule has 4 heteroatoms. The SMILES string of the molecule is CC1CCN(c2cc(C#N)ccn2)C1CO. The van der Waals surface area contributed by atoms with E-state index >= 15 is 0 Å². The fraction of sp³-hybridized carbons (Fsp3) is 0.500. The normalized spacial score (nSPS) is 24.4. The van der Waals surface area contributed by atoms with Crippen LogP contribution in [0.15, 0.2) is 18.3 Å². The van der Waals surface area contributed by atoms with E-state index in [0.29, 0.717) is 11.5 Å². The van der Waals surface area contributed by atoms with Gasteiger partial charge in [0.2, 0.25) is 0 Å². The van der Waals surface area contributed by atoms with Gasteiger partial charge in [-0.15, -0.1) is 0 Å². The molecular weight excluding hydrogens is 202 g/mol. The molecule has 1 fully saturated rings. The lowest BCUT2D eigenvalue weighted by Gasteiger charge is -2.26. The van der Waals surface area contributed by atoms with Gasteiger partial charge in [-0.2, -0.15) is 5.26 Å². The van der Waals surface area contributed by atoms with Crippen LogP contribution in [0.5, 0.6) is 0 Å². The predicted molar refractivity (Wildman–Crippen MR) is 61.0 cm³/mol. The van der Waals surface area contributed by atoms with Crippen molar-refractivity contribution in [3.05, 3.63) is 23.9 Å². The van der Waals surface area contributed by atoms with E-state index in [1.807, 2.05) is 0 Å². The van der Waals surface area contributed by atoms with E-state index in [2.05, 4.69) is 22.9 Å². The highest BCUT2D eigenvalue weighted by molar-refractivity contribution is 5.46. The zero-order valence-corrected chi connectivity index (χ0v) is 9.30. The van der Waals surface area contributed by atoms with Crippen molar-refractivity contribution < 1.29 is 5.11 Å². The molecule has 0 aliphatic carbocycles. The van der Waals surface area contributed by atoms with Gasteiger partial charge in [0.05, 0.1) is 24.3 Å². The Bertz CT molecular complexity index is 413. The van der Waals surface area contributed by atoms with Crippen LogP contribution in [0.1, 0.15) is 18.9 Å². The van der Waals surface area contributed by atoms with E-state index in [-0.39, 0.29) is 12.6 Å². The molecule has 0 spiro atoms. The summed E-state index contributed by atoms with van der Waals surface area (Å²) in [7, 11) is 0. The number of hydrogen-bond donors (Lipinski definition) is 1. The number of aromatic nitrogens is 1. The molecule has 0 radical (unpaired) electrons. The van der Waals surface area contributed by atoms with Crippen LogP contribution in [0.25, 0.3) is 0 Å². The van der Waals surface area contributed by atoms with Crippen LogP contribution in [0.2, 0.25) is 0 Å². The highest BCUT2D eigenvalue weighted by Gasteiger charge is 2.31. The van der Waals surface area contributed by atoms with Crippen molar-refractivity contribution >= 4 is 5.82 Å². The topological polar surface area (TPSA) is 60.2 Å². The summed E-state index contributed by atoms with van der Waals surface area (Å²) in [5, 5.41) is 18.2. The lowest BCUT2D eigenvalue weighted by Crippen LogP contribution is -2.35. The number of pyridine rings is 1. The smallest absolute Gasteiger partial charge is 0.130 e. The van der Waals surface area contributed by atoms with Crippen LogP contribution < -0.4 is 4.90 Å². The summed E-state index contributed by atoms with van der Waals surface area (Å²) >= 11 is 0. The average Bonchev–Trinajstić information content (AvgIpc) is 2.70. The Balaban J connectivity index is 2.27. The first-order valence-electron chi connectivity index (χ1n) is 5.50. The molecule has 1 aromatic heterocycles. The van der Waals surface area contributed by atoms with Crippen molar-refractivity contribution in [2.75, 3.05) is 18.1 Å². The van der Waals surface area contributed by atoms with Gasteiger partial charge < -0.3 is 10.0 Å². The predicted octanol–water partition coefficient (Wildman–Crippen LogP) is 1.16. The molecule has 1 aromatic rings. The zero-order chi connectivity index (χ0) is 11.5. The molecule has 0 aromatic carbocycles. The molecule has 2 unspecified atom stereocenters. The molecule has 1 aliphatic rings. The number of nitrogens with zero attached hydrogens (tertiary/aromatic N) is 3. The molecule has 2 atom stereocenters. The largest absolute Gasteiger partial charge is 0.394 e. The molecule has 16 heavy (non-hydrogen) atoms. The van der Waals surface area contributed by atoms with Gasteiger partial charge in [0.15, 0.2) is 0 Å². The Hall–Kier alpha value is -1.60. The number of nitriles is 1. The Morgan fingerprint density at radius 2 is 2.50 bits per heavy atom. The van der Waals surface area contributed by atoms with Crippen LogP contribution in [-0.2, 0) is 0 Å². The molecule has 1 aliphatic heterocycles. The Morgan fingerprint density at radius 3 is 3.19 bits per heavy atom. The van der Waals surface area contributed by atoms with Gasteiger partial charge in [-0.25, -0.2) is 4.98 Å². The third-order valence-corrected chi connectivity index (χ3v) is 3.24. The molecule has 4 nitrogen and oxygen atoms in total. The average molecular weight is 217 g/mol. The van der Waals surface area contributed by atoms with Crippen molar-refractivity contribution in [1.82, 2.24) is 4.98 Å². The quantitative estimate of drug-likeness (QED) is 0.807. The summed E-state index contributed by atoms with van der Waals surface area (Å²) in [6.07, 6.45) is 2.70. The van der Waals surface area contributed by atoms with Crippen molar-refractivity contribution in [1.29, 1.82) is 5.26 Å². The standard InChI is InChI=1S/C12H15N3O/c1-9-3-5-15(11(9)8-16)12-6-10(7-13)2-4-14-12/h2,4,6,9,11,16H,3,5,8H2,1H3. The third-order valence-electron chi connectivity index (χ3n) is 3.24. The number of aliphatic hydroxyl groups excluding tert-OH is 1. The molecule has 2 rings (SSSR count). The van der Waals surface area contributed by atoms with Gasteiger partial charge in [0, 0.05) is 12.7 Å². The number of anilines is 1. The fourth-order valence-corrected chi connectivity index (χ4v) is 2.22. The fourth-order valence-electron chi connectivity index (χ4n) is 2.22. The summed E-state index contributed by atoms with van der Waals surface area (Å²) in [5.74, 6) is 1.26. The van der Waals surface area contributed by atoms with Crippen LogP contribution in [0.3, 0.4) is 0 Å². The first kappa shape index (κ1) is 10.9. The van der Waals surface area contributed by atoms with E-state index in [4.69, 9.17) is 5.26 Å². The molecule has 0 bridgehead atoms. The number of aliphatic hydroxyl groups is 1. The number of hydrogen-bond acceptors (Lipinski definition) is 4. The first-order valence-corrected chi connectivity index (χ1v) is 5.50. The van der Waals surface area contributed by atoms with E-state index < -0.39 is 0 Å². The Morgan fingerprint density at radius 1 is 1.69 bits per heavy atom. The molecule has 1 saturated heterocycles. The first-order chi connectivity index (χ1) is 7.76. The minimum atomic E-state index is 0.126. The van der Waals surface area contributed by atoms with Crippen LogP contribution in [0, 0.1) is 17.2 Å². The lowest BCUT2D eigenvalue weighted by molar-refractivity contribution is 0.244. The second kappa shape index (κ2) is 4.50. The van der Waals surface area contributed by atoms with Gasteiger partial charge in [-0.1, -0.05) is 6.92 Å². The Labute approximate surface area is 95.1 Å². The van der Waals surface area contributed by atoms with E-state index in [0.717, 1.165) is 18.8 Å². The minimum absolute atomic E-state index is 0.126. The van der Waals surface area contributed by atoms with Crippen molar-refractivity contribution in [3.8, 4) is 6.07 Å². The summed E-state index contributed by atoms with van der Waals surface area (Å²) < 4.78 is 0. The summed E-state index contributed by atoms with van der Waals surface area (Å²) in [4.78, 5) is 6.35. The second-order valence-electron chi connectivity index (χ2n) is 4.22. The molecule has 84 valence electrons. The van der Waals surface area contributed by atoms with E-state index in [9.17, 15) is 5.11 Å². The molecule has 0 saturated carbocycles. The highest BCUT2D eigenvalue weighted by atomic mass is 16.3. The minimum Gasteiger partial charge on any atom is -0.394 e. The van der Waals surface area contributed by atoms with Crippen LogP contribution in [0.4, 0.5) is 5.82 Å². The van der Waals surface area contributed by atoms with E-state index in [1.54, 1.807) is 18.3 Å². The maximum Gasteiger partial charge on any atom is 0.130 e. The third kappa shape index (κ3) is 1.86. The molecule has 2 heterocycles. The molecule has 1 N–H and O–H groups in total. The van der Waals surface area contributed by atoms with Crippen LogP contribution in [-0.4, -0.2) is 29.3 Å². The second-order valence-corrected chi connectivity index (χ2v) is 4.22. The molecular formula is C12H15N3O. The van der Waals surface area contributed by atoms with Crippen molar-refractivity contribution in [2.45, 2.75) is 19.4 Å². The monoisotopic (exact) mass is 217 g/mol. The number of rotatable bonds is 2. The maximum atomic E-state index is 9.36. The summed E-state index contributed by atoms with van der Waals surface area (Å²) in [6.45, 7) is 3.17. The van der Waals surface area contributed by atoms with Gasteiger partial charge in [0.25, 0.3) is 0 Å². The summed E-state index contributed by atoms with van der Waals surface area (Å²) in [5.41, 5.74) is 0.612. The Kier molecular flexibility index (Phi) is 3.07. The van der Waals surface area contributed by atoms with Gasteiger partial charge in [0.1, 0.15) is 5.82 Å². The lowest BCUT2D eigenvalue weighted by atomic mass is 10.0. The maximum absolute atomic E-state index is 9.36. The van der Waals surface area contributed by atoms with Crippen molar-refractivity contribution in [2.24, 2.45) is 5.92 Å². The summed E-state index contributed by atoms with van der Waals surface area (Å²) in [6, 6.07) is 5.70. The van der Waals surface area contributed by atoms with E-state index in [1.165, 1.54) is 0 Å². The van der Waals surface area contributed by atoms with Gasteiger partial charge in [-0.3, -0.25) is 0 Å². The van der Waals surface area contributed by atoms with Crippen LogP contribution >= 0.6 is 0 Å².